The number of benzene rings is 1. The van der Waals surface area contributed by atoms with Crippen LogP contribution in [0.1, 0.15) is 44.5 Å². The maximum absolute atomic E-state index is 6.26. The number of hydrogen-bond acceptors (Lipinski definition) is 2. The summed E-state index contributed by atoms with van der Waals surface area (Å²) in [5, 5.41) is 0. The molecule has 0 aliphatic rings. The molecule has 0 amide bonds. The number of nitrogens with zero attached hydrogens (tertiary/aromatic N) is 2. The third-order valence-corrected chi connectivity index (χ3v) is 3.66. The summed E-state index contributed by atoms with van der Waals surface area (Å²) in [6.07, 6.45) is 7.35. The van der Waals surface area contributed by atoms with Gasteiger partial charge in [0.25, 0.3) is 0 Å². The molecule has 0 aliphatic heterocycles. The van der Waals surface area contributed by atoms with Gasteiger partial charge in [-0.15, -0.1) is 6.42 Å². The van der Waals surface area contributed by atoms with Crippen molar-refractivity contribution in [3.8, 4) is 23.6 Å². The smallest absolute Gasteiger partial charge is 0.132 e. The van der Waals surface area contributed by atoms with Gasteiger partial charge in [0.2, 0.25) is 0 Å². The van der Waals surface area contributed by atoms with E-state index >= 15 is 0 Å². The summed E-state index contributed by atoms with van der Waals surface area (Å²) in [7, 11) is 0. The first-order valence-electron chi connectivity index (χ1n) is 7.47. The van der Waals surface area contributed by atoms with Crippen molar-refractivity contribution in [3.05, 3.63) is 35.7 Å². The van der Waals surface area contributed by atoms with E-state index in [1.165, 1.54) is 5.56 Å². The van der Waals surface area contributed by atoms with Gasteiger partial charge >= 0.3 is 0 Å². The van der Waals surface area contributed by atoms with Crippen LogP contribution in [0.2, 0.25) is 0 Å². The van der Waals surface area contributed by atoms with Crippen LogP contribution in [0.15, 0.2) is 24.3 Å². The van der Waals surface area contributed by atoms with E-state index < -0.39 is 0 Å². The minimum atomic E-state index is 0.470. The second kappa shape index (κ2) is 6.49. The van der Waals surface area contributed by atoms with Gasteiger partial charge in [-0.3, -0.25) is 0 Å². The summed E-state index contributed by atoms with van der Waals surface area (Å²) in [6, 6.07) is 8.45. The Bertz CT molecular complexity index is 642. The number of hydrogen-bond donors (Lipinski definition) is 1. The van der Waals surface area contributed by atoms with Gasteiger partial charge in [0.1, 0.15) is 17.3 Å². The zero-order chi connectivity index (χ0) is 15.4. The van der Waals surface area contributed by atoms with Crippen molar-refractivity contribution in [3.63, 3.8) is 0 Å². The van der Waals surface area contributed by atoms with Gasteiger partial charge in [0.15, 0.2) is 0 Å². The van der Waals surface area contributed by atoms with Crippen LogP contribution >= 0.6 is 0 Å². The van der Waals surface area contributed by atoms with Crippen molar-refractivity contribution < 1.29 is 0 Å². The maximum Gasteiger partial charge on any atom is 0.132 e. The van der Waals surface area contributed by atoms with Gasteiger partial charge in [-0.25, -0.2) is 4.98 Å². The molecule has 21 heavy (non-hydrogen) atoms. The third kappa shape index (κ3) is 3.11. The molecule has 0 aliphatic carbocycles. The topological polar surface area (TPSA) is 43.8 Å². The molecular weight excluding hydrogens is 258 g/mol. The molecule has 0 fully saturated rings. The zero-order valence-corrected chi connectivity index (χ0v) is 13.1. The Morgan fingerprint density at radius 1 is 1.29 bits per heavy atom. The number of nitrogen functional groups attached to an aromatic ring is 1. The highest BCUT2D eigenvalue weighted by atomic mass is 15.1. The zero-order valence-electron chi connectivity index (χ0n) is 13.1. The highest BCUT2D eigenvalue weighted by Crippen LogP contribution is 2.28. The van der Waals surface area contributed by atoms with Crippen LogP contribution in [-0.4, -0.2) is 9.55 Å². The molecule has 1 aromatic heterocycles. The van der Waals surface area contributed by atoms with Crippen LogP contribution in [-0.2, 0) is 13.0 Å². The van der Waals surface area contributed by atoms with Gasteiger partial charge in [-0.1, -0.05) is 51.0 Å². The van der Waals surface area contributed by atoms with Crippen LogP contribution in [0.25, 0.3) is 11.3 Å². The highest BCUT2D eigenvalue weighted by molar-refractivity contribution is 5.71. The number of nitrogens with two attached hydrogens (primary N) is 1. The largest absolute Gasteiger partial charge is 0.383 e. The number of aryl methyl sites for hydroxylation is 1. The van der Waals surface area contributed by atoms with Crippen LogP contribution in [0.3, 0.4) is 0 Å². The first-order valence-corrected chi connectivity index (χ1v) is 7.47. The molecule has 3 nitrogen and oxygen atoms in total. The Morgan fingerprint density at radius 3 is 2.48 bits per heavy atom. The first kappa shape index (κ1) is 15.2. The monoisotopic (exact) mass is 281 g/mol. The molecule has 0 saturated carbocycles. The fourth-order valence-corrected chi connectivity index (χ4v) is 2.43. The summed E-state index contributed by atoms with van der Waals surface area (Å²) in [6.45, 7) is 6.97. The molecule has 0 saturated heterocycles. The number of anilines is 1. The highest BCUT2D eigenvalue weighted by Gasteiger charge is 2.15. The molecule has 2 rings (SSSR count). The van der Waals surface area contributed by atoms with Gasteiger partial charge in [0.05, 0.1) is 6.54 Å². The van der Waals surface area contributed by atoms with E-state index in [0.717, 1.165) is 29.9 Å². The first-order chi connectivity index (χ1) is 10.1. The molecule has 3 heteroatoms. The average Bonchev–Trinajstić information content (AvgIpc) is 2.77. The van der Waals surface area contributed by atoms with Crippen molar-refractivity contribution in [1.82, 2.24) is 9.55 Å². The van der Waals surface area contributed by atoms with E-state index in [-0.39, 0.29) is 0 Å². The van der Waals surface area contributed by atoms with Gasteiger partial charge < -0.3 is 10.3 Å². The van der Waals surface area contributed by atoms with Crippen molar-refractivity contribution in [2.45, 2.75) is 46.1 Å². The lowest BCUT2D eigenvalue weighted by atomic mass is 10.0. The summed E-state index contributed by atoms with van der Waals surface area (Å²) < 4.78 is 1.94. The van der Waals surface area contributed by atoms with E-state index in [2.05, 4.69) is 51.0 Å². The Balaban J connectivity index is 2.43. The molecule has 1 aromatic carbocycles. The molecule has 110 valence electrons. The summed E-state index contributed by atoms with van der Waals surface area (Å²) in [5.74, 6) is 4.80. The van der Waals surface area contributed by atoms with E-state index in [1.54, 1.807) is 0 Å². The second-order valence-corrected chi connectivity index (χ2v) is 5.58. The Morgan fingerprint density at radius 2 is 1.95 bits per heavy atom. The van der Waals surface area contributed by atoms with Crippen molar-refractivity contribution in [1.29, 1.82) is 0 Å². The van der Waals surface area contributed by atoms with Crippen LogP contribution in [0.5, 0.6) is 0 Å². The van der Waals surface area contributed by atoms with Crippen LogP contribution in [0.4, 0.5) is 5.82 Å². The van der Waals surface area contributed by atoms with E-state index in [0.29, 0.717) is 18.3 Å². The SMILES string of the molecule is C#CCn1c(CCC)nc(-c2ccc(C(C)C)cc2)c1N. The number of terminal acetylenes is 1. The lowest BCUT2D eigenvalue weighted by Crippen LogP contribution is -2.06. The lowest BCUT2D eigenvalue weighted by molar-refractivity contribution is 0.733. The second-order valence-electron chi connectivity index (χ2n) is 5.58. The lowest BCUT2D eigenvalue weighted by Gasteiger charge is -2.07. The van der Waals surface area contributed by atoms with Crippen LogP contribution in [0, 0.1) is 12.3 Å². The van der Waals surface area contributed by atoms with Crippen molar-refractivity contribution in [2.24, 2.45) is 0 Å². The van der Waals surface area contributed by atoms with Crippen molar-refractivity contribution in [2.75, 3.05) is 5.73 Å². The Hall–Kier alpha value is -2.21. The summed E-state index contributed by atoms with van der Waals surface area (Å²) >= 11 is 0. The maximum atomic E-state index is 6.26. The summed E-state index contributed by atoms with van der Waals surface area (Å²) in [5.41, 5.74) is 9.45. The van der Waals surface area contributed by atoms with Crippen LogP contribution < -0.4 is 5.73 Å². The quantitative estimate of drug-likeness (QED) is 0.846. The Kier molecular flexibility index (Phi) is 4.70. The minimum absolute atomic E-state index is 0.470. The molecule has 2 aromatic rings. The fraction of sp³-hybridized carbons (Fsp3) is 0.389. The molecule has 0 bridgehead atoms. The normalized spacial score (nSPS) is 10.8. The molecule has 1 heterocycles. The van der Waals surface area contributed by atoms with Gasteiger partial charge in [0, 0.05) is 12.0 Å². The summed E-state index contributed by atoms with van der Waals surface area (Å²) in [4.78, 5) is 4.71. The number of rotatable bonds is 5. The molecule has 0 unspecified atom stereocenters. The standard InChI is InChI=1S/C18H23N3/c1-5-7-16-20-17(18(19)21(16)12-6-2)15-10-8-14(9-11-15)13(3)4/h2,8-11,13H,5,7,12,19H2,1,3-4H3. The average molecular weight is 281 g/mol. The Labute approximate surface area is 127 Å². The van der Waals surface area contributed by atoms with E-state index in [4.69, 9.17) is 17.1 Å². The number of imidazole rings is 1. The van der Waals surface area contributed by atoms with E-state index in [9.17, 15) is 0 Å². The minimum Gasteiger partial charge on any atom is -0.383 e. The molecule has 2 N–H and O–H groups in total. The number of aromatic nitrogens is 2. The fourth-order valence-electron chi connectivity index (χ4n) is 2.43. The predicted octanol–water partition coefficient (Wildman–Crippen LogP) is 3.84. The third-order valence-electron chi connectivity index (χ3n) is 3.66. The predicted molar refractivity (Wildman–Crippen MR) is 89.0 cm³/mol. The van der Waals surface area contributed by atoms with Crippen molar-refractivity contribution >= 4 is 5.82 Å². The van der Waals surface area contributed by atoms with Gasteiger partial charge in [-0.2, -0.15) is 0 Å². The molecule has 0 radical (unpaired) electrons. The van der Waals surface area contributed by atoms with Gasteiger partial charge in [-0.05, 0) is 17.9 Å². The molecule has 0 spiro atoms. The molecular formula is C18H23N3. The molecule has 0 atom stereocenters. The van der Waals surface area contributed by atoms with E-state index in [1.807, 2.05) is 4.57 Å².